The first-order valence-electron chi connectivity index (χ1n) is 10.3. The molecule has 0 saturated carbocycles. The topological polar surface area (TPSA) is 127 Å². The van der Waals surface area contributed by atoms with Crippen LogP contribution in [0.4, 0.5) is 11.4 Å². The molecule has 1 amide bonds. The van der Waals surface area contributed by atoms with Gasteiger partial charge in [0.05, 0.1) is 10.6 Å². The SMILES string of the molecule is CC(C)CN(CC(C)C)S(=O)(=O)c1cc([N+](=O)[O-])ccc1N1CCC(C(N)=O)CC1. The van der Waals surface area contributed by atoms with Crippen LogP contribution >= 0.6 is 0 Å². The van der Waals surface area contributed by atoms with Gasteiger partial charge in [-0.05, 0) is 30.7 Å². The maximum absolute atomic E-state index is 13.6. The Morgan fingerprint density at radius 2 is 1.73 bits per heavy atom. The van der Waals surface area contributed by atoms with E-state index >= 15 is 0 Å². The highest BCUT2D eigenvalue weighted by Crippen LogP contribution is 2.34. The van der Waals surface area contributed by atoms with E-state index in [1.54, 1.807) is 0 Å². The Hall–Kier alpha value is -2.20. The number of rotatable bonds is 9. The molecule has 0 unspecified atom stereocenters. The Morgan fingerprint density at radius 1 is 1.20 bits per heavy atom. The van der Waals surface area contributed by atoms with Crippen LogP contribution in [-0.2, 0) is 14.8 Å². The number of carbonyl (C=O) groups is 1. The number of piperidine rings is 1. The first kappa shape index (κ1) is 24.1. The molecular weight excluding hydrogens is 408 g/mol. The molecule has 0 spiro atoms. The Labute approximate surface area is 178 Å². The predicted molar refractivity (Wildman–Crippen MR) is 116 cm³/mol. The van der Waals surface area contributed by atoms with Crippen LogP contribution in [0.2, 0.25) is 0 Å². The van der Waals surface area contributed by atoms with Gasteiger partial charge in [-0.3, -0.25) is 14.9 Å². The molecule has 1 aromatic carbocycles. The number of hydrogen-bond acceptors (Lipinski definition) is 6. The predicted octanol–water partition coefficient (Wildman–Crippen LogP) is 2.60. The summed E-state index contributed by atoms with van der Waals surface area (Å²) in [5.74, 6) is -0.386. The van der Waals surface area contributed by atoms with Gasteiger partial charge in [0.15, 0.2) is 0 Å². The number of hydrogen-bond donors (Lipinski definition) is 1. The number of carbonyl (C=O) groups excluding carboxylic acids is 1. The highest BCUT2D eigenvalue weighted by molar-refractivity contribution is 7.89. The van der Waals surface area contributed by atoms with Crippen molar-refractivity contribution in [2.24, 2.45) is 23.5 Å². The van der Waals surface area contributed by atoms with Crippen LogP contribution in [0.5, 0.6) is 0 Å². The lowest BCUT2D eigenvalue weighted by Gasteiger charge is -2.34. The van der Waals surface area contributed by atoms with Crippen LogP contribution in [0.3, 0.4) is 0 Å². The molecule has 1 aliphatic heterocycles. The number of nitrogens with zero attached hydrogens (tertiary/aromatic N) is 3. The molecule has 1 heterocycles. The van der Waals surface area contributed by atoms with E-state index in [-0.39, 0.29) is 34.2 Å². The molecule has 0 atom stereocenters. The lowest BCUT2D eigenvalue weighted by Crippen LogP contribution is -2.41. The van der Waals surface area contributed by atoms with E-state index < -0.39 is 14.9 Å². The molecule has 0 aliphatic carbocycles. The van der Waals surface area contributed by atoms with Gasteiger partial charge < -0.3 is 10.6 Å². The number of amides is 1. The van der Waals surface area contributed by atoms with Gasteiger partial charge in [0.2, 0.25) is 15.9 Å². The Bertz CT molecular complexity index is 867. The van der Waals surface area contributed by atoms with Crippen LogP contribution < -0.4 is 10.6 Å². The molecule has 1 fully saturated rings. The van der Waals surface area contributed by atoms with E-state index in [9.17, 15) is 23.3 Å². The summed E-state index contributed by atoms with van der Waals surface area (Å²) in [5.41, 5.74) is 5.57. The highest BCUT2D eigenvalue weighted by atomic mass is 32.2. The maximum atomic E-state index is 13.6. The van der Waals surface area contributed by atoms with Crippen molar-refractivity contribution in [3.8, 4) is 0 Å². The smallest absolute Gasteiger partial charge is 0.270 e. The van der Waals surface area contributed by atoms with Gasteiger partial charge in [0.1, 0.15) is 4.90 Å². The number of nitro groups is 1. The lowest BCUT2D eigenvalue weighted by molar-refractivity contribution is -0.385. The molecule has 9 nitrogen and oxygen atoms in total. The summed E-state index contributed by atoms with van der Waals surface area (Å²) in [5, 5.41) is 11.3. The second-order valence-corrected chi connectivity index (χ2v) is 10.6. The average molecular weight is 441 g/mol. The summed E-state index contributed by atoms with van der Waals surface area (Å²) >= 11 is 0. The van der Waals surface area contributed by atoms with Crippen molar-refractivity contribution in [1.82, 2.24) is 4.31 Å². The number of benzene rings is 1. The zero-order valence-electron chi connectivity index (χ0n) is 18.1. The van der Waals surface area contributed by atoms with Gasteiger partial charge in [0.25, 0.3) is 5.69 Å². The number of primary amides is 1. The summed E-state index contributed by atoms with van der Waals surface area (Å²) in [6.45, 7) is 9.32. The van der Waals surface area contributed by atoms with Gasteiger partial charge in [-0.1, -0.05) is 27.7 Å². The van der Waals surface area contributed by atoms with E-state index in [1.165, 1.54) is 16.4 Å². The summed E-state index contributed by atoms with van der Waals surface area (Å²) in [6, 6.07) is 3.97. The fourth-order valence-corrected chi connectivity index (χ4v) is 5.71. The fraction of sp³-hybridized carbons (Fsp3) is 0.650. The standard InChI is InChI=1S/C20H32N4O5S/c1-14(2)12-23(13-15(3)4)30(28,29)19-11-17(24(26)27)5-6-18(19)22-9-7-16(8-10-22)20(21)25/h5-6,11,14-16H,7-10,12-13H2,1-4H3,(H2,21,25). The minimum absolute atomic E-state index is 0.0597. The van der Waals surface area contributed by atoms with Gasteiger partial charge in [-0.2, -0.15) is 4.31 Å². The normalized spacial score (nSPS) is 15.9. The maximum Gasteiger partial charge on any atom is 0.270 e. The molecular formula is C20H32N4O5S. The molecule has 10 heteroatoms. The van der Waals surface area contributed by atoms with E-state index in [0.29, 0.717) is 44.7 Å². The van der Waals surface area contributed by atoms with Gasteiger partial charge >= 0.3 is 0 Å². The average Bonchev–Trinajstić information content (AvgIpc) is 2.66. The monoisotopic (exact) mass is 440 g/mol. The van der Waals surface area contributed by atoms with Crippen LogP contribution in [0, 0.1) is 27.9 Å². The minimum atomic E-state index is -3.96. The summed E-state index contributed by atoms with van der Waals surface area (Å²) in [7, 11) is -3.96. The Kier molecular flexibility index (Phi) is 7.81. The van der Waals surface area contributed by atoms with Crippen molar-refractivity contribution in [3.05, 3.63) is 28.3 Å². The van der Waals surface area contributed by atoms with Crippen molar-refractivity contribution >= 4 is 27.3 Å². The lowest BCUT2D eigenvalue weighted by atomic mass is 9.96. The molecule has 30 heavy (non-hydrogen) atoms. The van der Waals surface area contributed by atoms with E-state index in [4.69, 9.17) is 5.73 Å². The summed E-state index contributed by atoms with van der Waals surface area (Å²) < 4.78 is 28.7. The molecule has 1 aromatic rings. The number of sulfonamides is 1. The molecule has 1 saturated heterocycles. The molecule has 1 aliphatic rings. The molecule has 0 bridgehead atoms. The third-order valence-electron chi connectivity index (χ3n) is 5.15. The second-order valence-electron chi connectivity index (χ2n) is 8.68. The van der Waals surface area contributed by atoms with Gasteiger partial charge in [0, 0.05) is 44.2 Å². The third kappa shape index (κ3) is 5.69. The quantitative estimate of drug-likeness (QED) is 0.464. The Morgan fingerprint density at radius 3 is 2.17 bits per heavy atom. The van der Waals surface area contributed by atoms with Gasteiger partial charge in [-0.25, -0.2) is 8.42 Å². The molecule has 2 rings (SSSR count). The third-order valence-corrected chi connectivity index (χ3v) is 7.01. The Balaban J connectivity index is 2.51. The number of nitro benzene ring substituents is 1. The van der Waals surface area contributed by atoms with Crippen molar-refractivity contribution in [1.29, 1.82) is 0 Å². The number of nitrogens with two attached hydrogens (primary N) is 1. The van der Waals surface area contributed by atoms with E-state index in [2.05, 4.69) is 0 Å². The van der Waals surface area contributed by atoms with Crippen LogP contribution in [-0.4, -0.2) is 49.7 Å². The van der Waals surface area contributed by atoms with Crippen molar-refractivity contribution in [2.75, 3.05) is 31.1 Å². The molecule has 2 N–H and O–H groups in total. The van der Waals surface area contributed by atoms with E-state index in [0.717, 1.165) is 6.07 Å². The minimum Gasteiger partial charge on any atom is -0.370 e. The first-order valence-corrected chi connectivity index (χ1v) is 11.7. The van der Waals surface area contributed by atoms with Crippen LogP contribution in [0.1, 0.15) is 40.5 Å². The summed E-state index contributed by atoms with van der Waals surface area (Å²) in [4.78, 5) is 24.0. The highest BCUT2D eigenvalue weighted by Gasteiger charge is 2.33. The zero-order chi connectivity index (χ0) is 22.6. The van der Waals surface area contributed by atoms with Gasteiger partial charge in [-0.15, -0.1) is 0 Å². The molecule has 0 aromatic heterocycles. The van der Waals surface area contributed by atoms with Crippen LogP contribution in [0.25, 0.3) is 0 Å². The number of anilines is 1. The molecule has 0 radical (unpaired) electrons. The summed E-state index contributed by atoms with van der Waals surface area (Å²) in [6.07, 6.45) is 1.04. The van der Waals surface area contributed by atoms with E-state index in [1.807, 2.05) is 32.6 Å². The fourth-order valence-electron chi connectivity index (χ4n) is 3.71. The molecule has 168 valence electrons. The van der Waals surface area contributed by atoms with Crippen molar-refractivity contribution in [2.45, 2.75) is 45.4 Å². The zero-order valence-corrected chi connectivity index (χ0v) is 18.9. The van der Waals surface area contributed by atoms with Crippen molar-refractivity contribution in [3.63, 3.8) is 0 Å². The van der Waals surface area contributed by atoms with Crippen molar-refractivity contribution < 1.29 is 18.1 Å². The van der Waals surface area contributed by atoms with Crippen LogP contribution in [0.15, 0.2) is 23.1 Å². The second kappa shape index (κ2) is 9.74. The number of non-ortho nitro benzene ring substituents is 1. The largest absolute Gasteiger partial charge is 0.370 e. The first-order chi connectivity index (χ1) is 13.9.